The number of hydrogen-bond acceptors (Lipinski definition) is 3. The highest BCUT2D eigenvalue weighted by molar-refractivity contribution is 5.83. The van der Waals surface area contributed by atoms with Crippen LogP contribution >= 0.6 is 0 Å². The van der Waals surface area contributed by atoms with Crippen LogP contribution in [0.2, 0.25) is 0 Å². The predicted molar refractivity (Wildman–Crippen MR) is 128 cm³/mol. The van der Waals surface area contributed by atoms with E-state index in [0.29, 0.717) is 24.2 Å². The van der Waals surface area contributed by atoms with Crippen molar-refractivity contribution in [2.75, 3.05) is 0 Å². The van der Waals surface area contributed by atoms with Crippen LogP contribution in [0.5, 0.6) is 0 Å². The van der Waals surface area contributed by atoms with E-state index in [1.54, 1.807) is 6.92 Å². The number of carbonyl (C=O) groups excluding carboxylic acids is 1. The van der Waals surface area contributed by atoms with E-state index in [1.807, 2.05) is 0 Å². The van der Waals surface area contributed by atoms with Gasteiger partial charge in [-0.1, -0.05) is 34.6 Å². The van der Waals surface area contributed by atoms with E-state index in [1.165, 1.54) is 6.42 Å². The van der Waals surface area contributed by atoms with Crippen molar-refractivity contribution in [2.45, 2.75) is 112 Å². The topological polar surface area (TPSA) is 74.6 Å². The fourth-order valence-electron chi connectivity index (χ4n) is 11.4. The predicted octanol–water partition coefficient (Wildman–Crippen LogP) is 6.10. The third-order valence-electron chi connectivity index (χ3n) is 13.4. The molecule has 0 radical (unpaired) electrons. The summed E-state index contributed by atoms with van der Waals surface area (Å²) in [6.45, 7) is 13.8. The molecule has 4 nitrogen and oxygen atoms in total. The molecule has 0 bridgehead atoms. The molecule has 3 unspecified atom stereocenters. The number of carbonyl (C=O) groups is 2. The smallest absolute Gasteiger partial charge is 0.309 e. The van der Waals surface area contributed by atoms with E-state index in [0.717, 1.165) is 51.4 Å². The molecule has 10 atom stereocenters. The van der Waals surface area contributed by atoms with Gasteiger partial charge < -0.3 is 10.2 Å². The van der Waals surface area contributed by atoms with Gasteiger partial charge in [-0.3, -0.25) is 9.59 Å². The van der Waals surface area contributed by atoms with E-state index >= 15 is 0 Å². The average Bonchev–Trinajstić information content (AvgIpc) is 3.13. The molecule has 0 saturated heterocycles. The zero-order valence-electron chi connectivity index (χ0n) is 21.7. The fraction of sp³-hybridized carbons (Fsp3) is 0.931. The molecule has 0 spiro atoms. The van der Waals surface area contributed by atoms with Crippen molar-refractivity contribution >= 4 is 11.8 Å². The number of carboxylic acids is 1. The third kappa shape index (κ3) is 2.74. The molecule has 4 heteroatoms. The summed E-state index contributed by atoms with van der Waals surface area (Å²) in [6, 6.07) is 0. The molecular formula is C29H46O4. The molecule has 2 N–H and O–H groups in total. The number of carboxylic acid groups (broad SMARTS) is 1. The molecular weight excluding hydrogens is 412 g/mol. The Bertz CT molecular complexity index is 864. The van der Waals surface area contributed by atoms with Gasteiger partial charge in [0.15, 0.2) is 0 Å². The van der Waals surface area contributed by atoms with Gasteiger partial charge in [0.05, 0.1) is 11.5 Å². The van der Waals surface area contributed by atoms with E-state index < -0.39 is 11.4 Å². The number of aliphatic carboxylic acids is 1. The molecule has 0 aromatic heterocycles. The second-order valence-corrected chi connectivity index (χ2v) is 14.3. The van der Waals surface area contributed by atoms with Crippen molar-refractivity contribution in [2.24, 2.45) is 56.7 Å². The number of hydrogen-bond donors (Lipinski definition) is 2. The summed E-state index contributed by atoms with van der Waals surface area (Å²) < 4.78 is 0. The van der Waals surface area contributed by atoms with Crippen molar-refractivity contribution in [1.29, 1.82) is 0 Å². The number of Topliss-reactive ketones (excluding diaryl/α,β-unsaturated/α-hetero) is 1. The number of rotatable bonds is 2. The van der Waals surface area contributed by atoms with Crippen LogP contribution < -0.4 is 0 Å². The summed E-state index contributed by atoms with van der Waals surface area (Å²) in [5.41, 5.74) is -0.287. The highest BCUT2D eigenvalue weighted by Crippen LogP contribution is 2.77. The maximum Gasteiger partial charge on any atom is 0.309 e. The summed E-state index contributed by atoms with van der Waals surface area (Å²) in [5, 5.41) is 21.3. The molecule has 5 rings (SSSR count). The Morgan fingerprint density at radius 3 is 2.09 bits per heavy atom. The largest absolute Gasteiger partial charge is 0.481 e. The first kappa shape index (κ1) is 23.8. The normalized spacial score (nSPS) is 55.0. The van der Waals surface area contributed by atoms with Crippen molar-refractivity contribution < 1.29 is 19.8 Å². The number of ketones is 1. The quantitative estimate of drug-likeness (QED) is 0.524. The van der Waals surface area contributed by atoms with Crippen molar-refractivity contribution in [3.8, 4) is 0 Å². The number of fused-ring (bicyclic) bond motifs is 7. The summed E-state index contributed by atoms with van der Waals surface area (Å²) in [6.07, 6.45) is 9.44. The lowest BCUT2D eigenvalue weighted by molar-refractivity contribution is -0.248. The lowest BCUT2D eigenvalue weighted by Crippen LogP contribution is -2.67. The molecule has 5 fully saturated rings. The van der Waals surface area contributed by atoms with Gasteiger partial charge in [0, 0.05) is 5.92 Å². The molecule has 5 saturated carbocycles. The minimum absolute atomic E-state index is 0.000765. The van der Waals surface area contributed by atoms with Crippen molar-refractivity contribution in [1.82, 2.24) is 0 Å². The maximum absolute atomic E-state index is 12.7. The van der Waals surface area contributed by atoms with Gasteiger partial charge in [0.2, 0.25) is 0 Å². The van der Waals surface area contributed by atoms with Gasteiger partial charge in [-0.15, -0.1) is 0 Å². The first-order valence-corrected chi connectivity index (χ1v) is 13.7. The molecule has 186 valence electrons. The molecule has 5 aliphatic rings. The van der Waals surface area contributed by atoms with Crippen LogP contribution in [-0.4, -0.2) is 28.1 Å². The molecule has 0 aromatic carbocycles. The van der Waals surface area contributed by atoms with Crippen LogP contribution in [0.3, 0.4) is 0 Å². The van der Waals surface area contributed by atoms with Crippen LogP contribution in [0.1, 0.15) is 106 Å². The Morgan fingerprint density at radius 2 is 1.45 bits per heavy atom. The van der Waals surface area contributed by atoms with Gasteiger partial charge in [0.1, 0.15) is 5.78 Å². The van der Waals surface area contributed by atoms with Gasteiger partial charge in [0.25, 0.3) is 0 Å². The Kier molecular flexibility index (Phi) is 5.11. The lowest BCUT2D eigenvalue weighted by atomic mass is 9.32. The molecule has 0 aromatic rings. The monoisotopic (exact) mass is 458 g/mol. The molecule has 33 heavy (non-hydrogen) atoms. The fourth-order valence-corrected chi connectivity index (χ4v) is 11.4. The first-order valence-electron chi connectivity index (χ1n) is 13.7. The van der Waals surface area contributed by atoms with Crippen LogP contribution in [0.4, 0.5) is 0 Å². The van der Waals surface area contributed by atoms with Gasteiger partial charge in [-0.2, -0.15) is 0 Å². The second-order valence-electron chi connectivity index (χ2n) is 14.3. The Labute approximate surface area is 200 Å². The van der Waals surface area contributed by atoms with Crippen LogP contribution in [0.25, 0.3) is 0 Å². The molecule has 0 heterocycles. The van der Waals surface area contributed by atoms with E-state index in [4.69, 9.17) is 0 Å². The standard InChI is InChI=1S/C29H46O4/c1-17(30)18-9-14-29(24(32)33)16-15-27(5)19(23(18)29)7-8-21-26(4)12-11-22(31)25(2,3)20(26)10-13-28(21,27)6/h18-23,31H,7-16H2,1-6H3,(H,32,33)/t18-,19?,20?,21?,22-,23+,26-,27+,28+,29-/m0/s1. The Balaban J connectivity index is 1.57. The summed E-state index contributed by atoms with van der Waals surface area (Å²) in [5.74, 6) is 0.932. The van der Waals surface area contributed by atoms with E-state index in [9.17, 15) is 19.8 Å². The second kappa shape index (κ2) is 7.08. The minimum atomic E-state index is -0.693. The average molecular weight is 459 g/mol. The van der Waals surface area contributed by atoms with Crippen LogP contribution in [0.15, 0.2) is 0 Å². The first-order chi connectivity index (χ1) is 15.3. The number of aliphatic hydroxyl groups is 1. The lowest BCUT2D eigenvalue weighted by Gasteiger charge is -2.72. The zero-order valence-corrected chi connectivity index (χ0v) is 21.7. The highest BCUT2D eigenvalue weighted by atomic mass is 16.4. The molecule has 0 aliphatic heterocycles. The Morgan fingerprint density at radius 1 is 0.758 bits per heavy atom. The highest BCUT2D eigenvalue weighted by Gasteiger charge is 2.72. The minimum Gasteiger partial charge on any atom is -0.481 e. The van der Waals surface area contributed by atoms with Crippen LogP contribution in [-0.2, 0) is 9.59 Å². The van der Waals surface area contributed by atoms with E-state index in [-0.39, 0.29) is 45.4 Å². The van der Waals surface area contributed by atoms with Crippen molar-refractivity contribution in [3.05, 3.63) is 0 Å². The Hall–Kier alpha value is -0.900. The summed E-state index contributed by atoms with van der Waals surface area (Å²) in [7, 11) is 0. The van der Waals surface area contributed by atoms with Crippen molar-refractivity contribution in [3.63, 3.8) is 0 Å². The van der Waals surface area contributed by atoms with E-state index in [2.05, 4.69) is 34.6 Å². The summed E-state index contributed by atoms with van der Waals surface area (Å²) in [4.78, 5) is 25.4. The summed E-state index contributed by atoms with van der Waals surface area (Å²) >= 11 is 0. The molecule has 0 amide bonds. The number of aliphatic hydroxyl groups excluding tert-OH is 1. The maximum atomic E-state index is 12.7. The van der Waals surface area contributed by atoms with Gasteiger partial charge in [-0.05, 0) is 116 Å². The third-order valence-corrected chi connectivity index (χ3v) is 13.4. The molecule has 5 aliphatic carbocycles. The van der Waals surface area contributed by atoms with Gasteiger partial charge in [-0.25, -0.2) is 0 Å². The van der Waals surface area contributed by atoms with Crippen LogP contribution in [0, 0.1) is 56.7 Å². The SMILES string of the molecule is CC(=O)[C@@H]1CC[C@]2(C(=O)O)CC[C@]3(C)C(CCC4[C@@]5(C)CC[C@H](O)C(C)(C)C5CC[C@]43C)[C@@H]12. The van der Waals surface area contributed by atoms with Gasteiger partial charge >= 0.3 is 5.97 Å². The zero-order chi connectivity index (χ0) is 24.2.